The Morgan fingerprint density at radius 3 is 2.43 bits per heavy atom. The first-order valence-corrected chi connectivity index (χ1v) is 9.20. The summed E-state index contributed by atoms with van der Waals surface area (Å²) >= 11 is 0. The highest BCUT2D eigenvalue weighted by Crippen LogP contribution is 2.23. The minimum Gasteiger partial charge on any atom is -0.492 e. The van der Waals surface area contributed by atoms with Gasteiger partial charge in [-0.3, -0.25) is 14.4 Å². The fourth-order valence-electron chi connectivity index (χ4n) is 3.01. The topological polar surface area (TPSA) is 92.1 Å². The van der Waals surface area contributed by atoms with Crippen molar-refractivity contribution in [3.63, 3.8) is 0 Å². The number of hydrogen-bond acceptors (Lipinski definition) is 5. The molecule has 1 N–H and O–H groups in total. The van der Waals surface area contributed by atoms with E-state index in [9.17, 15) is 14.4 Å². The Morgan fingerprint density at radius 1 is 1.04 bits per heavy atom. The summed E-state index contributed by atoms with van der Waals surface area (Å²) in [7, 11) is 0. The second-order valence-electron chi connectivity index (χ2n) is 6.30. The van der Waals surface area contributed by atoms with E-state index in [1.54, 1.807) is 40.1 Å². The number of hydrogen-bond donors (Lipinski definition) is 1. The molecule has 0 atom stereocenters. The molecule has 1 aromatic heterocycles. The van der Waals surface area contributed by atoms with Crippen molar-refractivity contribution < 1.29 is 23.5 Å². The molecule has 0 saturated carbocycles. The van der Waals surface area contributed by atoms with Crippen molar-refractivity contribution in [1.82, 2.24) is 9.80 Å². The summed E-state index contributed by atoms with van der Waals surface area (Å²) in [6, 6.07) is 10.4. The average molecular weight is 385 g/mol. The van der Waals surface area contributed by atoms with Gasteiger partial charge in [-0.15, -0.1) is 0 Å². The second-order valence-corrected chi connectivity index (χ2v) is 6.30. The number of nitrogens with one attached hydrogen (secondary N) is 1. The SMILES string of the molecule is CCOc1ccccc1NC(=O)CC(=O)N1CCN(C(=O)c2ccco2)CC1. The van der Waals surface area contributed by atoms with Gasteiger partial charge in [0.05, 0.1) is 18.6 Å². The fraction of sp³-hybridized carbons (Fsp3) is 0.350. The molecule has 0 bridgehead atoms. The molecular weight excluding hydrogens is 362 g/mol. The van der Waals surface area contributed by atoms with Crippen LogP contribution in [0.5, 0.6) is 5.75 Å². The number of benzene rings is 1. The van der Waals surface area contributed by atoms with Crippen molar-refractivity contribution in [1.29, 1.82) is 0 Å². The van der Waals surface area contributed by atoms with E-state index in [2.05, 4.69) is 5.32 Å². The number of carbonyl (C=O) groups is 3. The smallest absolute Gasteiger partial charge is 0.289 e. The Kier molecular flexibility index (Phi) is 6.31. The Labute approximate surface area is 163 Å². The lowest BCUT2D eigenvalue weighted by Gasteiger charge is -2.34. The van der Waals surface area contributed by atoms with Gasteiger partial charge in [-0.2, -0.15) is 0 Å². The predicted molar refractivity (Wildman–Crippen MR) is 102 cm³/mol. The van der Waals surface area contributed by atoms with Gasteiger partial charge in [0.2, 0.25) is 11.8 Å². The molecule has 3 amide bonds. The van der Waals surface area contributed by atoms with Crippen LogP contribution in [0, 0.1) is 0 Å². The number of furan rings is 1. The predicted octanol–water partition coefficient (Wildman–Crippen LogP) is 1.99. The first-order valence-electron chi connectivity index (χ1n) is 9.20. The molecule has 1 aliphatic heterocycles. The molecule has 2 aromatic rings. The highest BCUT2D eigenvalue weighted by molar-refractivity contribution is 6.04. The lowest BCUT2D eigenvalue weighted by Crippen LogP contribution is -2.51. The molecule has 0 unspecified atom stereocenters. The first kappa shape index (κ1) is 19.5. The third kappa shape index (κ3) is 4.70. The van der Waals surface area contributed by atoms with Crippen molar-refractivity contribution in [2.75, 3.05) is 38.1 Å². The summed E-state index contributed by atoms with van der Waals surface area (Å²) in [5.74, 6) is -0.00641. The van der Waals surface area contributed by atoms with Gasteiger partial charge in [-0.05, 0) is 31.2 Å². The molecule has 1 fully saturated rings. The summed E-state index contributed by atoms with van der Waals surface area (Å²) < 4.78 is 10.6. The number of ether oxygens (including phenoxy) is 1. The number of carbonyl (C=O) groups excluding carboxylic acids is 3. The number of rotatable bonds is 6. The molecule has 8 heteroatoms. The summed E-state index contributed by atoms with van der Waals surface area (Å²) in [5.41, 5.74) is 0.538. The quantitative estimate of drug-likeness (QED) is 0.768. The van der Waals surface area contributed by atoms with E-state index in [0.717, 1.165) is 0 Å². The zero-order valence-electron chi connectivity index (χ0n) is 15.7. The Morgan fingerprint density at radius 2 is 1.75 bits per heavy atom. The zero-order chi connectivity index (χ0) is 19.9. The zero-order valence-corrected chi connectivity index (χ0v) is 15.7. The first-order chi connectivity index (χ1) is 13.6. The highest BCUT2D eigenvalue weighted by atomic mass is 16.5. The van der Waals surface area contributed by atoms with Crippen LogP contribution < -0.4 is 10.1 Å². The van der Waals surface area contributed by atoms with Crippen molar-refractivity contribution >= 4 is 23.4 Å². The van der Waals surface area contributed by atoms with Gasteiger partial charge in [-0.1, -0.05) is 12.1 Å². The van der Waals surface area contributed by atoms with Crippen LogP contribution in [-0.4, -0.2) is 60.3 Å². The summed E-state index contributed by atoms with van der Waals surface area (Å²) in [4.78, 5) is 40.2. The van der Waals surface area contributed by atoms with Crippen LogP contribution >= 0.6 is 0 Å². The Balaban J connectivity index is 1.49. The molecule has 1 aliphatic rings. The van der Waals surface area contributed by atoms with Crippen LogP contribution in [0.2, 0.25) is 0 Å². The average Bonchev–Trinajstić information content (AvgIpc) is 3.24. The molecule has 28 heavy (non-hydrogen) atoms. The highest BCUT2D eigenvalue weighted by Gasteiger charge is 2.27. The lowest BCUT2D eigenvalue weighted by atomic mass is 10.2. The Hall–Kier alpha value is -3.29. The van der Waals surface area contributed by atoms with Crippen molar-refractivity contribution in [2.45, 2.75) is 13.3 Å². The van der Waals surface area contributed by atoms with E-state index >= 15 is 0 Å². The second kappa shape index (κ2) is 9.07. The van der Waals surface area contributed by atoms with Gasteiger partial charge >= 0.3 is 0 Å². The largest absolute Gasteiger partial charge is 0.492 e. The molecule has 0 aliphatic carbocycles. The van der Waals surface area contributed by atoms with Crippen molar-refractivity contribution in [2.24, 2.45) is 0 Å². The van der Waals surface area contributed by atoms with Crippen molar-refractivity contribution in [3.05, 3.63) is 48.4 Å². The molecule has 1 saturated heterocycles. The number of nitrogens with zero attached hydrogens (tertiary/aromatic N) is 2. The van der Waals surface area contributed by atoms with E-state index in [0.29, 0.717) is 44.2 Å². The van der Waals surface area contributed by atoms with E-state index in [4.69, 9.17) is 9.15 Å². The van der Waals surface area contributed by atoms with Crippen molar-refractivity contribution in [3.8, 4) is 5.75 Å². The lowest BCUT2D eigenvalue weighted by molar-refractivity contribution is -0.135. The van der Waals surface area contributed by atoms with Gasteiger partial charge in [-0.25, -0.2) is 0 Å². The minimum absolute atomic E-state index is 0.192. The van der Waals surface area contributed by atoms with Crippen LogP contribution in [0.15, 0.2) is 47.1 Å². The molecule has 148 valence electrons. The molecule has 0 radical (unpaired) electrons. The normalized spacial score (nSPS) is 13.9. The van der Waals surface area contributed by atoms with Crippen LogP contribution in [0.1, 0.15) is 23.9 Å². The van der Waals surface area contributed by atoms with Gasteiger partial charge in [0.1, 0.15) is 12.2 Å². The molecule has 0 spiro atoms. The van der Waals surface area contributed by atoms with Gasteiger partial charge in [0.25, 0.3) is 5.91 Å². The monoisotopic (exact) mass is 385 g/mol. The third-order valence-electron chi connectivity index (χ3n) is 4.42. The fourth-order valence-corrected chi connectivity index (χ4v) is 3.01. The van der Waals surface area contributed by atoms with E-state index in [1.165, 1.54) is 6.26 Å². The third-order valence-corrected chi connectivity index (χ3v) is 4.42. The van der Waals surface area contributed by atoms with Crippen LogP contribution in [-0.2, 0) is 9.59 Å². The van der Waals surface area contributed by atoms with E-state index in [1.807, 2.05) is 13.0 Å². The molecule has 1 aromatic carbocycles. The maximum Gasteiger partial charge on any atom is 0.289 e. The van der Waals surface area contributed by atoms with Crippen LogP contribution in [0.25, 0.3) is 0 Å². The van der Waals surface area contributed by atoms with Gasteiger partial charge in [0, 0.05) is 26.2 Å². The maximum atomic E-state index is 12.4. The molecular formula is C20H23N3O5. The molecule has 3 rings (SSSR count). The number of piperazine rings is 1. The van der Waals surface area contributed by atoms with Crippen LogP contribution in [0.4, 0.5) is 5.69 Å². The number of anilines is 1. The minimum atomic E-state index is -0.397. The summed E-state index contributed by atoms with van der Waals surface area (Å²) in [6.45, 7) is 3.91. The molecule has 2 heterocycles. The van der Waals surface area contributed by atoms with E-state index < -0.39 is 5.91 Å². The molecule has 8 nitrogen and oxygen atoms in total. The van der Waals surface area contributed by atoms with Gasteiger partial charge < -0.3 is 24.3 Å². The summed E-state index contributed by atoms with van der Waals surface area (Å²) in [5, 5.41) is 2.72. The number of amides is 3. The van der Waals surface area contributed by atoms with Crippen LogP contribution in [0.3, 0.4) is 0 Å². The van der Waals surface area contributed by atoms with E-state index in [-0.39, 0.29) is 24.0 Å². The number of para-hydroxylation sites is 2. The Bertz CT molecular complexity index is 826. The summed E-state index contributed by atoms with van der Waals surface area (Å²) in [6.07, 6.45) is 1.20. The standard InChI is InChI=1S/C20H23N3O5/c1-2-27-16-7-4-3-6-15(16)21-18(24)14-19(25)22-9-11-23(12-10-22)20(26)17-8-5-13-28-17/h3-8,13H,2,9-12,14H2,1H3,(H,21,24). The maximum absolute atomic E-state index is 12.4. The van der Waals surface area contributed by atoms with Gasteiger partial charge in [0.15, 0.2) is 5.76 Å².